The van der Waals surface area contributed by atoms with E-state index in [9.17, 15) is 22.8 Å². The molecule has 3 rings (SSSR count). The van der Waals surface area contributed by atoms with Crippen LogP contribution < -0.4 is 15.4 Å². The summed E-state index contributed by atoms with van der Waals surface area (Å²) in [5.74, 6) is -0.394. The maximum absolute atomic E-state index is 12.8. The molecule has 1 aliphatic rings. The van der Waals surface area contributed by atoms with Crippen molar-refractivity contribution in [1.82, 2.24) is 10.3 Å². The molecule has 2 N–H and O–H groups in total. The number of carbonyl (C=O) groups excluding carboxylic acids is 2. The SMILES string of the molecule is COc1ccc(CNC(=O)CC2Sc3ccc(C(F)(F)F)cc3NC2=O)cn1. The van der Waals surface area contributed by atoms with Gasteiger partial charge >= 0.3 is 6.18 Å². The molecule has 148 valence electrons. The van der Waals surface area contributed by atoms with Crippen LogP contribution in [0.25, 0.3) is 0 Å². The summed E-state index contributed by atoms with van der Waals surface area (Å²) in [6.07, 6.45) is -3.02. The quantitative estimate of drug-likeness (QED) is 0.790. The predicted molar refractivity (Wildman–Crippen MR) is 97.0 cm³/mol. The van der Waals surface area contributed by atoms with E-state index in [0.717, 1.165) is 29.5 Å². The fourth-order valence-electron chi connectivity index (χ4n) is 2.54. The summed E-state index contributed by atoms with van der Waals surface area (Å²) in [5, 5.41) is 4.42. The first-order chi connectivity index (χ1) is 13.3. The van der Waals surface area contributed by atoms with Crippen LogP contribution in [0, 0.1) is 0 Å². The number of pyridine rings is 1. The lowest BCUT2D eigenvalue weighted by Gasteiger charge is -2.24. The Morgan fingerprint density at radius 3 is 2.75 bits per heavy atom. The number of nitrogens with one attached hydrogen (secondary N) is 2. The number of rotatable bonds is 5. The Morgan fingerprint density at radius 1 is 1.32 bits per heavy atom. The Kier molecular flexibility index (Phi) is 5.78. The van der Waals surface area contributed by atoms with E-state index in [0.29, 0.717) is 10.8 Å². The van der Waals surface area contributed by atoms with Crippen molar-refractivity contribution in [2.75, 3.05) is 12.4 Å². The molecule has 2 amide bonds. The lowest BCUT2D eigenvalue weighted by molar-refractivity contribution is -0.137. The first-order valence-corrected chi connectivity index (χ1v) is 9.08. The van der Waals surface area contributed by atoms with Gasteiger partial charge in [-0.15, -0.1) is 11.8 Å². The van der Waals surface area contributed by atoms with Crippen molar-refractivity contribution in [2.24, 2.45) is 0 Å². The van der Waals surface area contributed by atoms with Gasteiger partial charge in [0.1, 0.15) is 0 Å². The largest absolute Gasteiger partial charge is 0.481 e. The molecule has 1 unspecified atom stereocenters. The number of hydrogen-bond acceptors (Lipinski definition) is 5. The van der Waals surface area contributed by atoms with Crippen molar-refractivity contribution in [3.63, 3.8) is 0 Å². The summed E-state index contributed by atoms with van der Waals surface area (Å²) >= 11 is 1.07. The molecular weight excluding hydrogens is 395 g/mol. The van der Waals surface area contributed by atoms with Crippen molar-refractivity contribution >= 4 is 29.3 Å². The molecule has 0 spiro atoms. The fourth-order valence-corrected chi connectivity index (χ4v) is 3.63. The lowest BCUT2D eigenvalue weighted by atomic mass is 10.1. The molecule has 1 aliphatic heterocycles. The predicted octanol–water partition coefficient (Wildman–Crippen LogP) is 3.23. The van der Waals surface area contributed by atoms with Crippen molar-refractivity contribution in [1.29, 1.82) is 0 Å². The van der Waals surface area contributed by atoms with Crippen LogP contribution in [-0.4, -0.2) is 29.2 Å². The summed E-state index contributed by atoms with van der Waals surface area (Å²) in [6.45, 7) is 0.236. The molecule has 10 heteroatoms. The minimum Gasteiger partial charge on any atom is -0.481 e. The highest BCUT2D eigenvalue weighted by atomic mass is 32.2. The number of anilines is 1. The van der Waals surface area contributed by atoms with Crippen LogP contribution in [0.3, 0.4) is 0 Å². The summed E-state index contributed by atoms with van der Waals surface area (Å²) in [6, 6.07) is 6.57. The Hall–Kier alpha value is -2.75. The van der Waals surface area contributed by atoms with Crippen LogP contribution in [0.2, 0.25) is 0 Å². The number of ether oxygens (including phenoxy) is 1. The van der Waals surface area contributed by atoms with E-state index in [1.54, 1.807) is 18.3 Å². The monoisotopic (exact) mass is 411 g/mol. The van der Waals surface area contributed by atoms with Crippen molar-refractivity contribution in [2.45, 2.75) is 29.3 Å². The van der Waals surface area contributed by atoms with Crippen LogP contribution in [0.4, 0.5) is 18.9 Å². The van der Waals surface area contributed by atoms with E-state index in [4.69, 9.17) is 4.74 Å². The number of hydrogen-bond donors (Lipinski definition) is 2. The van der Waals surface area contributed by atoms with Crippen LogP contribution in [0.15, 0.2) is 41.4 Å². The van der Waals surface area contributed by atoms with Gasteiger partial charge in [-0.25, -0.2) is 4.98 Å². The maximum Gasteiger partial charge on any atom is 0.416 e. The third-order valence-corrected chi connectivity index (χ3v) is 5.27. The summed E-state index contributed by atoms with van der Waals surface area (Å²) in [5.41, 5.74) is 0.0298. The molecule has 28 heavy (non-hydrogen) atoms. The zero-order chi connectivity index (χ0) is 20.3. The Morgan fingerprint density at radius 2 is 2.11 bits per heavy atom. The van der Waals surface area contributed by atoms with Crippen molar-refractivity contribution in [3.05, 3.63) is 47.7 Å². The summed E-state index contributed by atoms with van der Waals surface area (Å²) in [4.78, 5) is 28.9. The lowest BCUT2D eigenvalue weighted by Crippen LogP contribution is -2.34. The smallest absolute Gasteiger partial charge is 0.416 e. The highest BCUT2D eigenvalue weighted by molar-refractivity contribution is 8.01. The molecule has 0 saturated heterocycles. The third-order valence-electron chi connectivity index (χ3n) is 3.99. The van der Waals surface area contributed by atoms with Gasteiger partial charge in [0.15, 0.2) is 0 Å². The number of alkyl halides is 3. The first-order valence-electron chi connectivity index (χ1n) is 8.20. The number of halogens is 3. The second-order valence-electron chi connectivity index (χ2n) is 5.99. The van der Waals surface area contributed by atoms with Gasteiger partial charge in [0, 0.05) is 30.1 Å². The molecule has 0 radical (unpaired) electrons. The second-order valence-corrected chi connectivity index (χ2v) is 7.24. The molecule has 1 aromatic carbocycles. The molecule has 1 aromatic heterocycles. The number of amides is 2. The van der Waals surface area contributed by atoms with E-state index < -0.39 is 22.9 Å². The number of benzene rings is 1. The van der Waals surface area contributed by atoms with Gasteiger partial charge in [-0.1, -0.05) is 6.07 Å². The van der Waals surface area contributed by atoms with E-state index in [-0.39, 0.29) is 24.6 Å². The normalized spacial score (nSPS) is 16.1. The molecule has 2 heterocycles. The van der Waals surface area contributed by atoms with Gasteiger partial charge in [0.05, 0.1) is 23.6 Å². The van der Waals surface area contributed by atoms with Crippen LogP contribution >= 0.6 is 11.8 Å². The zero-order valence-corrected chi connectivity index (χ0v) is 15.5. The van der Waals surface area contributed by atoms with E-state index in [1.165, 1.54) is 13.2 Å². The molecule has 1 atom stereocenters. The standard InChI is InChI=1S/C18H16F3N3O3S/c1-27-16-5-2-10(9-23-16)8-22-15(25)7-14-17(26)24-12-6-11(18(19,20)21)3-4-13(12)28-14/h2-6,9,14H,7-8H2,1H3,(H,22,25)(H,24,26). The summed E-state index contributed by atoms with van der Waals surface area (Å²) in [7, 11) is 1.50. The van der Waals surface area contributed by atoms with Gasteiger partial charge in [-0.05, 0) is 23.8 Å². The van der Waals surface area contributed by atoms with Crippen LogP contribution in [0.1, 0.15) is 17.5 Å². The van der Waals surface area contributed by atoms with Crippen LogP contribution in [-0.2, 0) is 22.3 Å². The van der Waals surface area contributed by atoms with Crippen molar-refractivity contribution < 1.29 is 27.5 Å². The molecular formula is C18H16F3N3O3S. The average molecular weight is 411 g/mol. The van der Waals surface area contributed by atoms with Gasteiger partial charge in [-0.2, -0.15) is 13.2 Å². The maximum atomic E-state index is 12.8. The molecule has 0 bridgehead atoms. The minimum absolute atomic E-state index is 0.0967. The topological polar surface area (TPSA) is 80.3 Å². The molecule has 0 saturated carbocycles. The van der Waals surface area contributed by atoms with E-state index in [1.807, 2.05) is 0 Å². The number of nitrogens with zero attached hydrogens (tertiary/aromatic N) is 1. The highest BCUT2D eigenvalue weighted by Gasteiger charge is 2.34. The van der Waals surface area contributed by atoms with Gasteiger partial charge in [0.2, 0.25) is 17.7 Å². The average Bonchev–Trinajstić information content (AvgIpc) is 2.66. The molecule has 6 nitrogen and oxygen atoms in total. The first kappa shape index (κ1) is 20.0. The Balaban J connectivity index is 1.59. The highest BCUT2D eigenvalue weighted by Crippen LogP contribution is 2.40. The third kappa shape index (κ3) is 4.75. The zero-order valence-electron chi connectivity index (χ0n) is 14.7. The summed E-state index contributed by atoms with van der Waals surface area (Å²) < 4.78 is 43.3. The second kappa shape index (κ2) is 8.09. The number of aromatic nitrogens is 1. The van der Waals surface area contributed by atoms with Gasteiger partial charge < -0.3 is 15.4 Å². The fraction of sp³-hybridized carbons (Fsp3) is 0.278. The number of fused-ring (bicyclic) bond motifs is 1. The number of thioether (sulfide) groups is 1. The van der Waals surface area contributed by atoms with Crippen molar-refractivity contribution in [3.8, 4) is 5.88 Å². The van der Waals surface area contributed by atoms with Gasteiger partial charge in [-0.3, -0.25) is 9.59 Å². The molecule has 0 fully saturated rings. The molecule has 2 aromatic rings. The van der Waals surface area contributed by atoms with Crippen LogP contribution in [0.5, 0.6) is 5.88 Å². The van der Waals surface area contributed by atoms with Gasteiger partial charge in [0.25, 0.3) is 0 Å². The minimum atomic E-state index is -4.49. The number of carbonyl (C=O) groups is 2. The Bertz CT molecular complexity index is 888. The number of methoxy groups -OCH3 is 1. The van der Waals surface area contributed by atoms with E-state index >= 15 is 0 Å². The van der Waals surface area contributed by atoms with E-state index in [2.05, 4.69) is 15.6 Å². The molecule has 0 aliphatic carbocycles. The Labute approximate surface area is 162 Å².